The first-order valence-electron chi connectivity index (χ1n) is 10.1. The van der Waals surface area contributed by atoms with E-state index in [1.807, 2.05) is 31.2 Å². The van der Waals surface area contributed by atoms with E-state index < -0.39 is 0 Å². The van der Waals surface area contributed by atoms with Crippen molar-refractivity contribution < 1.29 is 14.3 Å². The Hall–Kier alpha value is -2.28. The van der Waals surface area contributed by atoms with Gasteiger partial charge in [0.15, 0.2) is 0 Å². The van der Waals surface area contributed by atoms with Crippen molar-refractivity contribution in [2.45, 2.75) is 58.2 Å². The van der Waals surface area contributed by atoms with E-state index in [9.17, 15) is 9.59 Å². The molecule has 2 aliphatic rings. The van der Waals surface area contributed by atoms with Crippen molar-refractivity contribution in [3.05, 3.63) is 29.8 Å². The number of hydrogen-bond donors (Lipinski definition) is 2. The fourth-order valence-electron chi connectivity index (χ4n) is 3.77. The number of nitrogens with one attached hydrogen (secondary N) is 2. The number of anilines is 1. The predicted octanol–water partition coefficient (Wildman–Crippen LogP) is 3.27. The summed E-state index contributed by atoms with van der Waals surface area (Å²) in [6, 6.07) is 7.62. The van der Waals surface area contributed by atoms with Crippen molar-refractivity contribution in [3.63, 3.8) is 0 Å². The van der Waals surface area contributed by atoms with Gasteiger partial charge < -0.3 is 15.4 Å². The summed E-state index contributed by atoms with van der Waals surface area (Å²) in [7, 11) is 0. The van der Waals surface area contributed by atoms with Gasteiger partial charge in [-0.05, 0) is 58.2 Å². The number of hydrogen-bond acceptors (Lipinski definition) is 4. The molecule has 0 aromatic heterocycles. The third-order valence-electron chi connectivity index (χ3n) is 5.59. The molecule has 0 radical (unpaired) electrons. The van der Waals surface area contributed by atoms with Crippen molar-refractivity contribution in [3.8, 4) is 0 Å². The molecule has 28 heavy (non-hydrogen) atoms. The van der Waals surface area contributed by atoms with Crippen LogP contribution in [-0.2, 0) is 4.74 Å². The highest BCUT2D eigenvalue weighted by atomic mass is 16.6. The molecule has 0 bridgehead atoms. The smallest absolute Gasteiger partial charge is 0.414 e. The van der Waals surface area contributed by atoms with E-state index >= 15 is 0 Å². The molecule has 2 fully saturated rings. The van der Waals surface area contributed by atoms with Gasteiger partial charge in [-0.15, -0.1) is 0 Å². The number of nitrogens with zero attached hydrogens (tertiary/aromatic N) is 2. The summed E-state index contributed by atoms with van der Waals surface area (Å²) < 4.78 is 4.97. The normalized spacial score (nSPS) is 20.0. The second kappa shape index (κ2) is 8.39. The topological polar surface area (TPSA) is 73.9 Å². The first-order chi connectivity index (χ1) is 13.2. The standard InChI is InChI=1S/C21H32N4O3/c1-15(16-5-7-18(8-6-16)25-13-14-28-20(25)27)22-19(26)23-17-9-11-24(12-10-17)21(2,3)4/h5-8,15,17H,9-14H2,1-4H3,(H2,22,23,26)/t15-/m1/s1. The molecule has 3 amide bonds. The number of amides is 3. The van der Waals surface area contributed by atoms with E-state index in [-0.39, 0.29) is 29.7 Å². The monoisotopic (exact) mass is 388 g/mol. The summed E-state index contributed by atoms with van der Waals surface area (Å²) >= 11 is 0. The van der Waals surface area contributed by atoms with Crippen LogP contribution < -0.4 is 15.5 Å². The predicted molar refractivity (Wildman–Crippen MR) is 110 cm³/mol. The minimum absolute atomic E-state index is 0.116. The van der Waals surface area contributed by atoms with Crippen LogP contribution in [-0.4, -0.2) is 54.8 Å². The third kappa shape index (κ3) is 4.95. The van der Waals surface area contributed by atoms with Gasteiger partial charge in [-0.1, -0.05) is 12.1 Å². The number of cyclic esters (lactones) is 1. The zero-order valence-electron chi connectivity index (χ0n) is 17.3. The molecule has 1 atom stereocenters. The number of benzene rings is 1. The lowest BCUT2D eigenvalue weighted by Crippen LogP contribution is -2.52. The van der Waals surface area contributed by atoms with Gasteiger partial charge in [-0.2, -0.15) is 0 Å². The molecule has 2 N–H and O–H groups in total. The van der Waals surface area contributed by atoms with Gasteiger partial charge >= 0.3 is 12.1 Å². The zero-order chi connectivity index (χ0) is 20.3. The summed E-state index contributed by atoms with van der Waals surface area (Å²) in [4.78, 5) is 28.1. The minimum atomic E-state index is -0.309. The fourth-order valence-corrected chi connectivity index (χ4v) is 3.77. The van der Waals surface area contributed by atoms with E-state index in [0.29, 0.717) is 13.2 Å². The van der Waals surface area contributed by atoms with Crippen LogP contribution in [0.2, 0.25) is 0 Å². The number of rotatable bonds is 4. The average Bonchev–Trinajstić information content (AvgIpc) is 3.07. The molecule has 0 saturated carbocycles. The van der Waals surface area contributed by atoms with Crippen LogP contribution >= 0.6 is 0 Å². The Kier molecular flexibility index (Phi) is 6.13. The van der Waals surface area contributed by atoms with Crippen molar-refractivity contribution in [1.82, 2.24) is 15.5 Å². The highest BCUT2D eigenvalue weighted by Gasteiger charge is 2.28. The zero-order valence-corrected chi connectivity index (χ0v) is 17.3. The molecule has 7 nitrogen and oxygen atoms in total. The van der Waals surface area contributed by atoms with Crippen molar-refractivity contribution >= 4 is 17.8 Å². The molecule has 3 rings (SSSR count). The number of likely N-dealkylation sites (tertiary alicyclic amines) is 1. The van der Waals surface area contributed by atoms with Gasteiger partial charge in [0.05, 0.1) is 12.6 Å². The second-order valence-electron chi connectivity index (χ2n) is 8.63. The maximum absolute atomic E-state index is 12.4. The van der Waals surface area contributed by atoms with Crippen molar-refractivity contribution in [2.24, 2.45) is 0 Å². The number of piperidine rings is 1. The van der Waals surface area contributed by atoms with Crippen LogP contribution in [0.25, 0.3) is 0 Å². The van der Waals surface area contributed by atoms with Crippen LogP contribution in [0.15, 0.2) is 24.3 Å². The largest absolute Gasteiger partial charge is 0.447 e. The maximum Gasteiger partial charge on any atom is 0.414 e. The molecule has 1 aromatic rings. The minimum Gasteiger partial charge on any atom is -0.447 e. The summed E-state index contributed by atoms with van der Waals surface area (Å²) in [5.74, 6) is 0. The van der Waals surface area contributed by atoms with Crippen LogP contribution in [0.3, 0.4) is 0 Å². The Morgan fingerprint density at radius 2 is 1.79 bits per heavy atom. The molecule has 2 heterocycles. The molecular weight excluding hydrogens is 356 g/mol. The number of carbonyl (C=O) groups is 2. The number of carbonyl (C=O) groups excluding carboxylic acids is 2. The van der Waals surface area contributed by atoms with E-state index in [4.69, 9.17) is 4.74 Å². The average molecular weight is 389 g/mol. The maximum atomic E-state index is 12.4. The third-order valence-corrected chi connectivity index (χ3v) is 5.59. The Bertz CT molecular complexity index is 691. The fraction of sp³-hybridized carbons (Fsp3) is 0.619. The first kappa shape index (κ1) is 20.5. The molecule has 2 aliphatic heterocycles. The lowest BCUT2D eigenvalue weighted by molar-refractivity contribution is 0.0977. The summed E-state index contributed by atoms with van der Waals surface area (Å²) in [6.07, 6.45) is 1.63. The van der Waals surface area contributed by atoms with Gasteiger partial charge in [-0.3, -0.25) is 9.80 Å². The van der Waals surface area contributed by atoms with Gasteiger partial charge in [0.1, 0.15) is 6.61 Å². The second-order valence-corrected chi connectivity index (χ2v) is 8.63. The highest BCUT2D eigenvalue weighted by molar-refractivity contribution is 5.89. The number of urea groups is 1. The Labute approximate surface area is 167 Å². The van der Waals surface area contributed by atoms with E-state index in [1.165, 1.54) is 0 Å². The molecular formula is C21H32N4O3. The Balaban J connectivity index is 1.47. The van der Waals surface area contributed by atoms with Gasteiger partial charge in [0.2, 0.25) is 0 Å². The lowest BCUT2D eigenvalue weighted by Gasteiger charge is -2.41. The van der Waals surface area contributed by atoms with Crippen molar-refractivity contribution in [2.75, 3.05) is 31.1 Å². The van der Waals surface area contributed by atoms with Gasteiger partial charge in [0, 0.05) is 30.4 Å². The van der Waals surface area contributed by atoms with Crippen LogP contribution in [0.5, 0.6) is 0 Å². The Morgan fingerprint density at radius 1 is 1.14 bits per heavy atom. The Morgan fingerprint density at radius 3 is 2.32 bits per heavy atom. The highest BCUT2D eigenvalue weighted by Crippen LogP contribution is 2.22. The summed E-state index contributed by atoms with van der Waals surface area (Å²) in [5.41, 5.74) is 1.99. The molecule has 0 unspecified atom stereocenters. The van der Waals surface area contributed by atoms with Crippen LogP contribution in [0, 0.1) is 0 Å². The van der Waals surface area contributed by atoms with Crippen LogP contribution in [0.1, 0.15) is 52.1 Å². The molecule has 154 valence electrons. The van der Waals surface area contributed by atoms with Gasteiger partial charge in [-0.25, -0.2) is 9.59 Å². The summed E-state index contributed by atoms with van der Waals surface area (Å²) in [5, 5.41) is 6.12. The van der Waals surface area contributed by atoms with Gasteiger partial charge in [0.25, 0.3) is 0 Å². The molecule has 0 spiro atoms. The van der Waals surface area contributed by atoms with Crippen LogP contribution in [0.4, 0.5) is 15.3 Å². The van der Waals surface area contributed by atoms with Crippen molar-refractivity contribution in [1.29, 1.82) is 0 Å². The molecule has 0 aliphatic carbocycles. The molecule has 2 saturated heterocycles. The summed E-state index contributed by atoms with van der Waals surface area (Å²) in [6.45, 7) is 11.7. The SMILES string of the molecule is C[C@@H](NC(=O)NC1CCN(C(C)(C)C)CC1)c1ccc(N2CCOC2=O)cc1. The molecule has 7 heteroatoms. The van der Waals surface area contributed by atoms with E-state index in [1.54, 1.807) is 4.90 Å². The quantitative estimate of drug-likeness (QED) is 0.830. The first-order valence-corrected chi connectivity index (χ1v) is 10.1. The van der Waals surface area contributed by atoms with E-state index in [2.05, 4.69) is 36.3 Å². The van der Waals surface area contributed by atoms with E-state index in [0.717, 1.165) is 37.2 Å². The molecule has 1 aromatic carbocycles. The number of ether oxygens (including phenoxy) is 1. The lowest BCUT2D eigenvalue weighted by atomic mass is 9.98.